The van der Waals surface area contributed by atoms with Gasteiger partial charge in [-0.3, -0.25) is 0 Å². The smallest absolute Gasteiger partial charge is 0.129 e. The molecule has 0 saturated heterocycles. The first kappa shape index (κ1) is 10.4. The van der Waals surface area contributed by atoms with Crippen molar-refractivity contribution in [1.82, 2.24) is 4.98 Å². The molecule has 0 aliphatic carbocycles. The molecular formula is C9H13ClN2O. The van der Waals surface area contributed by atoms with Crippen molar-refractivity contribution in [2.75, 3.05) is 0 Å². The van der Waals surface area contributed by atoms with Gasteiger partial charge in [0, 0.05) is 12.2 Å². The Morgan fingerprint density at radius 1 is 1.69 bits per heavy atom. The van der Waals surface area contributed by atoms with Crippen LogP contribution in [0.4, 0.5) is 0 Å². The summed E-state index contributed by atoms with van der Waals surface area (Å²) in [6.07, 6.45) is 1.62. The first-order valence-corrected chi connectivity index (χ1v) is 4.58. The molecule has 1 heterocycles. The maximum Gasteiger partial charge on any atom is 0.129 e. The Kier molecular flexibility index (Phi) is 3.66. The van der Waals surface area contributed by atoms with Gasteiger partial charge in [-0.05, 0) is 24.1 Å². The first-order valence-electron chi connectivity index (χ1n) is 4.20. The molecule has 0 aromatic carbocycles. The Bertz CT molecular complexity index is 280. The van der Waals surface area contributed by atoms with Gasteiger partial charge in [-0.1, -0.05) is 18.5 Å². The maximum atomic E-state index is 9.70. The predicted molar refractivity (Wildman–Crippen MR) is 52.5 cm³/mol. The summed E-state index contributed by atoms with van der Waals surface area (Å²) in [6, 6.07) is 3.09. The van der Waals surface area contributed by atoms with Gasteiger partial charge >= 0.3 is 0 Å². The van der Waals surface area contributed by atoms with Crippen molar-refractivity contribution >= 4 is 11.6 Å². The molecule has 1 aromatic heterocycles. The third kappa shape index (κ3) is 2.66. The van der Waals surface area contributed by atoms with Crippen molar-refractivity contribution in [2.45, 2.75) is 25.5 Å². The Hall–Kier alpha value is -0.640. The number of hydrogen-bond acceptors (Lipinski definition) is 3. The fourth-order valence-electron chi connectivity index (χ4n) is 1.07. The fraction of sp³-hybridized carbons (Fsp3) is 0.444. The van der Waals surface area contributed by atoms with Gasteiger partial charge in [0.1, 0.15) is 5.15 Å². The van der Waals surface area contributed by atoms with Gasteiger partial charge in [-0.15, -0.1) is 0 Å². The van der Waals surface area contributed by atoms with Gasteiger partial charge in [0.05, 0.1) is 6.10 Å². The minimum absolute atomic E-state index is 0.251. The fourth-order valence-corrected chi connectivity index (χ4v) is 1.25. The molecule has 3 nitrogen and oxygen atoms in total. The molecule has 0 spiro atoms. The van der Waals surface area contributed by atoms with Crippen molar-refractivity contribution in [3.8, 4) is 0 Å². The van der Waals surface area contributed by atoms with Gasteiger partial charge in [0.25, 0.3) is 0 Å². The van der Waals surface area contributed by atoms with Crippen LogP contribution in [-0.4, -0.2) is 16.1 Å². The first-order chi connectivity index (χ1) is 6.15. The highest BCUT2D eigenvalue weighted by Crippen LogP contribution is 2.18. The standard InChI is InChI=1S/C9H13ClN2O/c1-2-7(11)9(13)6-3-4-12-8(10)5-6/h3-5,7,9,13H,2,11H2,1H3/t7-,9+/m1/s1. The number of halogens is 1. The van der Waals surface area contributed by atoms with Crippen LogP contribution in [0.15, 0.2) is 18.3 Å². The van der Waals surface area contributed by atoms with E-state index in [1.807, 2.05) is 6.92 Å². The Labute approximate surface area is 82.5 Å². The average Bonchev–Trinajstić information content (AvgIpc) is 2.15. The van der Waals surface area contributed by atoms with E-state index in [9.17, 15) is 5.11 Å². The maximum absolute atomic E-state index is 9.70. The third-order valence-corrected chi connectivity index (χ3v) is 2.18. The molecule has 72 valence electrons. The molecule has 0 amide bonds. The second-order valence-electron chi connectivity index (χ2n) is 2.93. The van der Waals surface area contributed by atoms with Crippen molar-refractivity contribution in [1.29, 1.82) is 0 Å². The summed E-state index contributed by atoms with van der Waals surface area (Å²) in [5.74, 6) is 0. The molecule has 0 fully saturated rings. The zero-order chi connectivity index (χ0) is 9.84. The SMILES string of the molecule is CC[C@@H](N)[C@@H](O)c1ccnc(Cl)c1. The van der Waals surface area contributed by atoms with Crippen LogP contribution in [0.1, 0.15) is 25.0 Å². The highest BCUT2D eigenvalue weighted by atomic mass is 35.5. The Morgan fingerprint density at radius 2 is 2.38 bits per heavy atom. The zero-order valence-corrected chi connectivity index (χ0v) is 8.20. The molecule has 3 N–H and O–H groups in total. The highest BCUT2D eigenvalue weighted by Gasteiger charge is 2.14. The third-order valence-electron chi connectivity index (χ3n) is 1.97. The van der Waals surface area contributed by atoms with Crippen LogP contribution in [0, 0.1) is 0 Å². The van der Waals surface area contributed by atoms with E-state index in [0.717, 1.165) is 6.42 Å². The lowest BCUT2D eigenvalue weighted by atomic mass is 10.0. The Morgan fingerprint density at radius 3 is 2.92 bits per heavy atom. The lowest BCUT2D eigenvalue weighted by Gasteiger charge is -2.17. The molecule has 1 rings (SSSR count). The molecule has 0 aliphatic heterocycles. The summed E-state index contributed by atoms with van der Waals surface area (Å²) >= 11 is 5.67. The van der Waals surface area contributed by atoms with Crippen LogP contribution in [-0.2, 0) is 0 Å². The van der Waals surface area contributed by atoms with Crippen LogP contribution < -0.4 is 5.73 Å². The van der Waals surface area contributed by atoms with Crippen LogP contribution in [0.25, 0.3) is 0 Å². The van der Waals surface area contributed by atoms with Crippen molar-refractivity contribution in [3.05, 3.63) is 29.0 Å². The van der Waals surface area contributed by atoms with E-state index in [1.54, 1.807) is 18.3 Å². The van der Waals surface area contributed by atoms with Gasteiger partial charge in [-0.2, -0.15) is 0 Å². The number of rotatable bonds is 3. The largest absolute Gasteiger partial charge is 0.387 e. The second kappa shape index (κ2) is 4.56. The van der Waals surface area contributed by atoms with E-state index in [2.05, 4.69) is 4.98 Å². The molecule has 0 unspecified atom stereocenters. The molecule has 0 aliphatic rings. The van der Waals surface area contributed by atoms with Crippen LogP contribution >= 0.6 is 11.6 Å². The topological polar surface area (TPSA) is 59.1 Å². The van der Waals surface area contributed by atoms with Gasteiger partial charge in [-0.25, -0.2) is 4.98 Å². The number of aromatic nitrogens is 1. The average molecular weight is 201 g/mol. The van der Waals surface area contributed by atoms with Crippen LogP contribution in [0.2, 0.25) is 5.15 Å². The predicted octanol–water partition coefficient (Wildman–Crippen LogP) is 1.51. The number of nitrogens with two attached hydrogens (primary N) is 1. The normalized spacial score (nSPS) is 15.4. The highest BCUT2D eigenvalue weighted by molar-refractivity contribution is 6.29. The molecule has 0 bridgehead atoms. The van der Waals surface area contributed by atoms with E-state index >= 15 is 0 Å². The lowest BCUT2D eigenvalue weighted by Crippen LogP contribution is -2.27. The summed E-state index contributed by atoms with van der Waals surface area (Å²) in [4.78, 5) is 3.82. The van der Waals surface area contributed by atoms with Crippen molar-refractivity contribution in [3.63, 3.8) is 0 Å². The zero-order valence-electron chi connectivity index (χ0n) is 7.44. The minimum Gasteiger partial charge on any atom is -0.387 e. The molecule has 0 saturated carbocycles. The molecule has 4 heteroatoms. The number of nitrogens with zero attached hydrogens (tertiary/aromatic N) is 1. The molecular weight excluding hydrogens is 188 g/mol. The monoisotopic (exact) mass is 200 g/mol. The minimum atomic E-state index is -0.662. The number of hydrogen-bond donors (Lipinski definition) is 2. The number of aliphatic hydroxyl groups excluding tert-OH is 1. The van der Waals surface area contributed by atoms with E-state index in [4.69, 9.17) is 17.3 Å². The van der Waals surface area contributed by atoms with E-state index in [1.165, 1.54) is 0 Å². The molecule has 0 radical (unpaired) electrons. The van der Waals surface area contributed by atoms with Crippen molar-refractivity contribution < 1.29 is 5.11 Å². The summed E-state index contributed by atoms with van der Waals surface area (Å²) in [7, 11) is 0. The van der Waals surface area contributed by atoms with Crippen molar-refractivity contribution in [2.24, 2.45) is 5.73 Å². The Balaban J connectivity index is 2.82. The lowest BCUT2D eigenvalue weighted by molar-refractivity contribution is 0.144. The summed E-state index contributed by atoms with van der Waals surface area (Å²) < 4.78 is 0. The van der Waals surface area contributed by atoms with Gasteiger partial charge < -0.3 is 10.8 Å². The number of pyridine rings is 1. The summed E-state index contributed by atoms with van der Waals surface area (Å²) in [5.41, 5.74) is 6.40. The number of aliphatic hydroxyl groups is 1. The van der Waals surface area contributed by atoms with E-state index in [-0.39, 0.29) is 6.04 Å². The molecule has 13 heavy (non-hydrogen) atoms. The summed E-state index contributed by atoms with van der Waals surface area (Å²) in [6.45, 7) is 1.93. The van der Waals surface area contributed by atoms with Gasteiger partial charge in [0.15, 0.2) is 0 Å². The summed E-state index contributed by atoms with van der Waals surface area (Å²) in [5, 5.41) is 10.1. The van der Waals surface area contributed by atoms with E-state index in [0.29, 0.717) is 10.7 Å². The van der Waals surface area contributed by atoms with E-state index < -0.39 is 6.10 Å². The molecule has 1 aromatic rings. The van der Waals surface area contributed by atoms with Crippen LogP contribution in [0.3, 0.4) is 0 Å². The molecule has 2 atom stereocenters. The quantitative estimate of drug-likeness (QED) is 0.728. The van der Waals surface area contributed by atoms with Crippen LogP contribution in [0.5, 0.6) is 0 Å². The second-order valence-corrected chi connectivity index (χ2v) is 3.32. The van der Waals surface area contributed by atoms with Gasteiger partial charge in [0.2, 0.25) is 0 Å².